The van der Waals surface area contributed by atoms with Gasteiger partial charge in [0.05, 0.1) is 12.9 Å². The van der Waals surface area contributed by atoms with Crippen molar-refractivity contribution in [2.75, 3.05) is 19.1 Å². The molecule has 0 radical (unpaired) electrons. The standard InChI is InChI=1S/C22H30O5SSi/c1-22(2,3)29(18-12-8-6-9-13-18,19-14-10-7-11-15-19)27-20(21(23)26-4)16-17-28(5,24)25/h6-15,20H,16-17H2,1-5H3. The number of esters is 1. The van der Waals surface area contributed by atoms with E-state index in [1.54, 1.807) is 0 Å². The van der Waals surface area contributed by atoms with Gasteiger partial charge in [0.15, 0.2) is 0 Å². The highest BCUT2D eigenvalue weighted by atomic mass is 32.2. The van der Waals surface area contributed by atoms with Crippen LogP contribution in [0.4, 0.5) is 0 Å². The van der Waals surface area contributed by atoms with Crippen molar-refractivity contribution in [1.82, 2.24) is 0 Å². The van der Waals surface area contributed by atoms with Crippen LogP contribution in [0.2, 0.25) is 5.04 Å². The fourth-order valence-corrected chi connectivity index (χ4v) is 8.88. The molecular weight excluding hydrogens is 404 g/mol. The summed E-state index contributed by atoms with van der Waals surface area (Å²) in [7, 11) is -4.94. The van der Waals surface area contributed by atoms with Crippen molar-refractivity contribution in [1.29, 1.82) is 0 Å². The second-order valence-electron chi connectivity index (χ2n) is 8.21. The lowest BCUT2D eigenvalue weighted by atomic mass is 10.2. The fourth-order valence-electron chi connectivity index (χ4n) is 3.58. The molecule has 1 atom stereocenters. The van der Waals surface area contributed by atoms with E-state index in [2.05, 4.69) is 20.8 Å². The molecule has 0 aromatic heterocycles. The number of methoxy groups -OCH3 is 1. The monoisotopic (exact) mass is 434 g/mol. The lowest BCUT2D eigenvalue weighted by Gasteiger charge is -2.44. The van der Waals surface area contributed by atoms with E-state index in [0.29, 0.717) is 0 Å². The highest BCUT2D eigenvalue weighted by Gasteiger charge is 2.52. The number of rotatable bonds is 8. The molecule has 0 spiro atoms. The summed E-state index contributed by atoms with van der Waals surface area (Å²) < 4.78 is 35.2. The average Bonchev–Trinajstić information content (AvgIpc) is 2.67. The maximum Gasteiger partial charge on any atom is 0.333 e. The molecule has 0 N–H and O–H groups in total. The van der Waals surface area contributed by atoms with E-state index in [-0.39, 0.29) is 17.2 Å². The first-order valence-electron chi connectivity index (χ1n) is 9.55. The van der Waals surface area contributed by atoms with Gasteiger partial charge in [0, 0.05) is 6.26 Å². The number of hydrogen-bond acceptors (Lipinski definition) is 5. The van der Waals surface area contributed by atoms with Gasteiger partial charge in [-0.05, 0) is 21.8 Å². The maximum atomic E-state index is 12.6. The molecule has 5 nitrogen and oxygen atoms in total. The average molecular weight is 435 g/mol. The minimum absolute atomic E-state index is 0.0516. The molecule has 2 rings (SSSR count). The minimum Gasteiger partial charge on any atom is -0.467 e. The van der Waals surface area contributed by atoms with Crippen LogP contribution in [0.5, 0.6) is 0 Å². The van der Waals surface area contributed by atoms with Crippen LogP contribution in [0, 0.1) is 0 Å². The van der Waals surface area contributed by atoms with Gasteiger partial charge in [-0.2, -0.15) is 0 Å². The van der Waals surface area contributed by atoms with E-state index in [1.807, 2.05) is 60.7 Å². The predicted octanol–water partition coefficient (Wildman–Crippen LogP) is 2.54. The van der Waals surface area contributed by atoms with Gasteiger partial charge >= 0.3 is 5.97 Å². The van der Waals surface area contributed by atoms with E-state index < -0.39 is 30.2 Å². The summed E-state index contributed by atoms with van der Waals surface area (Å²) in [6, 6.07) is 19.8. The van der Waals surface area contributed by atoms with Crippen molar-refractivity contribution in [2.45, 2.75) is 38.3 Å². The molecule has 0 amide bonds. The van der Waals surface area contributed by atoms with Gasteiger partial charge in [-0.15, -0.1) is 0 Å². The van der Waals surface area contributed by atoms with Crippen molar-refractivity contribution in [3.63, 3.8) is 0 Å². The maximum absolute atomic E-state index is 12.6. The molecule has 0 heterocycles. The SMILES string of the molecule is COC(=O)C(CCS(C)(=O)=O)O[Si](c1ccccc1)(c1ccccc1)C(C)(C)C. The van der Waals surface area contributed by atoms with Crippen molar-refractivity contribution in [2.24, 2.45) is 0 Å². The molecule has 7 heteroatoms. The van der Waals surface area contributed by atoms with E-state index in [0.717, 1.165) is 16.6 Å². The summed E-state index contributed by atoms with van der Waals surface area (Å²) in [5, 5.41) is 1.71. The zero-order valence-electron chi connectivity index (χ0n) is 17.7. The highest BCUT2D eigenvalue weighted by Crippen LogP contribution is 2.38. The third kappa shape index (κ3) is 5.56. The van der Waals surface area contributed by atoms with E-state index in [9.17, 15) is 13.2 Å². The van der Waals surface area contributed by atoms with Gasteiger partial charge in [-0.25, -0.2) is 13.2 Å². The summed E-state index contributed by atoms with van der Waals surface area (Å²) in [5.74, 6) is -0.702. The topological polar surface area (TPSA) is 69.7 Å². The van der Waals surface area contributed by atoms with Gasteiger partial charge in [0.25, 0.3) is 8.32 Å². The Morgan fingerprint density at radius 1 is 0.966 bits per heavy atom. The molecule has 158 valence electrons. The molecule has 1 unspecified atom stereocenters. The Kier molecular flexibility index (Phi) is 7.43. The van der Waals surface area contributed by atoms with Crippen LogP contribution < -0.4 is 10.4 Å². The fraction of sp³-hybridized carbons (Fsp3) is 0.409. The molecule has 0 bridgehead atoms. The molecule has 2 aromatic rings. The van der Waals surface area contributed by atoms with Crippen molar-refractivity contribution in [3.8, 4) is 0 Å². The Labute approximate surface area is 175 Å². The number of hydrogen-bond donors (Lipinski definition) is 0. The van der Waals surface area contributed by atoms with E-state index in [4.69, 9.17) is 9.16 Å². The Morgan fingerprint density at radius 2 is 1.41 bits per heavy atom. The lowest BCUT2D eigenvalue weighted by molar-refractivity contribution is -0.149. The first-order valence-corrected chi connectivity index (χ1v) is 13.5. The van der Waals surface area contributed by atoms with Crippen LogP contribution in [0.25, 0.3) is 0 Å². The Morgan fingerprint density at radius 3 is 1.76 bits per heavy atom. The van der Waals surface area contributed by atoms with Crippen molar-refractivity contribution in [3.05, 3.63) is 60.7 Å². The third-order valence-corrected chi connectivity index (χ3v) is 11.0. The van der Waals surface area contributed by atoms with Gasteiger partial charge in [0.2, 0.25) is 0 Å². The zero-order valence-corrected chi connectivity index (χ0v) is 19.5. The molecule has 0 aliphatic rings. The van der Waals surface area contributed by atoms with Gasteiger partial charge < -0.3 is 9.16 Å². The Bertz CT molecular complexity index is 866. The summed E-state index contributed by atoms with van der Waals surface area (Å²) >= 11 is 0. The van der Waals surface area contributed by atoms with Crippen LogP contribution in [-0.4, -0.2) is 47.9 Å². The van der Waals surface area contributed by atoms with Crippen LogP contribution >= 0.6 is 0 Å². The Balaban J connectivity index is 2.66. The molecule has 29 heavy (non-hydrogen) atoms. The molecule has 0 aliphatic carbocycles. The molecule has 2 aromatic carbocycles. The smallest absolute Gasteiger partial charge is 0.333 e. The van der Waals surface area contributed by atoms with Crippen LogP contribution in [0.1, 0.15) is 27.2 Å². The van der Waals surface area contributed by atoms with E-state index in [1.165, 1.54) is 7.11 Å². The number of carbonyl (C=O) groups excluding carboxylic acids is 1. The summed E-state index contributed by atoms with van der Waals surface area (Å²) in [6.45, 7) is 6.30. The number of sulfone groups is 1. The number of benzene rings is 2. The van der Waals surface area contributed by atoms with Crippen LogP contribution in [0.15, 0.2) is 60.7 Å². The van der Waals surface area contributed by atoms with E-state index >= 15 is 0 Å². The first kappa shape index (κ1) is 23.3. The summed E-state index contributed by atoms with van der Waals surface area (Å²) in [6.07, 6.45) is 0.237. The molecule has 0 saturated heterocycles. The normalized spacial score (nSPS) is 13.7. The summed E-state index contributed by atoms with van der Waals surface area (Å²) in [5.41, 5.74) is 0. The highest BCUT2D eigenvalue weighted by molar-refractivity contribution is 7.90. The summed E-state index contributed by atoms with van der Waals surface area (Å²) in [4.78, 5) is 12.6. The van der Waals surface area contributed by atoms with Gasteiger partial charge in [0.1, 0.15) is 15.9 Å². The van der Waals surface area contributed by atoms with Gasteiger partial charge in [-0.3, -0.25) is 0 Å². The second kappa shape index (κ2) is 9.24. The van der Waals surface area contributed by atoms with Crippen molar-refractivity contribution < 1.29 is 22.4 Å². The van der Waals surface area contributed by atoms with Gasteiger partial charge in [-0.1, -0.05) is 81.4 Å². The Hall–Kier alpha value is -1.96. The zero-order chi connectivity index (χ0) is 21.7. The third-order valence-electron chi connectivity index (χ3n) is 4.95. The minimum atomic E-state index is -3.25. The van der Waals surface area contributed by atoms with Crippen molar-refractivity contribution >= 4 is 34.5 Å². The largest absolute Gasteiger partial charge is 0.467 e. The predicted molar refractivity (Wildman–Crippen MR) is 119 cm³/mol. The molecule has 0 fully saturated rings. The quantitative estimate of drug-likeness (QED) is 0.472. The molecule has 0 aliphatic heterocycles. The molecule has 0 saturated carbocycles. The molecular formula is C22H30O5SSi. The first-order chi connectivity index (χ1) is 13.5. The number of ether oxygens (including phenoxy) is 1. The van der Waals surface area contributed by atoms with Crippen LogP contribution in [-0.2, 0) is 23.8 Å². The lowest BCUT2D eigenvalue weighted by Crippen LogP contribution is -2.68. The van der Waals surface area contributed by atoms with Crippen LogP contribution in [0.3, 0.4) is 0 Å². The number of carbonyl (C=O) groups is 1. The second-order valence-corrected chi connectivity index (χ2v) is 14.7.